The molecule has 2 rings (SSSR count). The number of rotatable bonds is 6. The average molecular weight is 267 g/mol. The van der Waals surface area contributed by atoms with E-state index in [2.05, 4.69) is 23.6 Å². The SMILES string of the molecule is CC(C)(CN)CCCCN1CCN2C(=O)CCC2C1. The van der Waals surface area contributed by atoms with Gasteiger partial charge in [-0.15, -0.1) is 0 Å². The highest BCUT2D eigenvalue weighted by Crippen LogP contribution is 2.24. The van der Waals surface area contributed by atoms with E-state index in [-0.39, 0.29) is 5.41 Å². The molecule has 2 aliphatic heterocycles. The van der Waals surface area contributed by atoms with Crippen LogP contribution in [0.5, 0.6) is 0 Å². The van der Waals surface area contributed by atoms with E-state index >= 15 is 0 Å². The highest BCUT2D eigenvalue weighted by Gasteiger charge is 2.35. The van der Waals surface area contributed by atoms with Gasteiger partial charge in [0.1, 0.15) is 0 Å². The van der Waals surface area contributed by atoms with Crippen molar-refractivity contribution in [2.45, 2.75) is 52.0 Å². The highest BCUT2D eigenvalue weighted by molar-refractivity contribution is 5.78. The molecule has 110 valence electrons. The van der Waals surface area contributed by atoms with Gasteiger partial charge < -0.3 is 10.6 Å². The van der Waals surface area contributed by atoms with Crippen LogP contribution in [0.1, 0.15) is 46.0 Å². The Morgan fingerprint density at radius 3 is 2.84 bits per heavy atom. The van der Waals surface area contributed by atoms with Crippen LogP contribution in [0.25, 0.3) is 0 Å². The zero-order valence-electron chi connectivity index (χ0n) is 12.5. The minimum Gasteiger partial charge on any atom is -0.337 e. The lowest BCUT2D eigenvalue weighted by molar-refractivity contribution is -0.130. The van der Waals surface area contributed by atoms with Gasteiger partial charge in [0, 0.05) is 32.1 Å². The molecule has 1 amide bonds. The Hall–Kier alpha value is -0.610. The van der Waals surface area contributed by atoms with Gasteiger partial charge in [-0.1, -0.05) is 20.3 Å². The first-order chi connectivity index (χ1) is 9.02. The van der Waals surface area contributed by atoms with Gasteiger partial charge in [0.25, 0.3) is 0 Å². The largest absolute Gasteiger partial charge is 0.337 e. The van der Waals surface area contributed by atoms with E-state index < -0.39 is 0 Å². The number of fused-ring (bicyclic) bond motifs is 1. The van der Waals surface area contributed by atoms with E-state index in [1.165, 1.54) is 25.8 Å². The fourth-order valence-corrected chi connectivity index (χ4v) is 3.17. The lowest BCUT2D eigenvalue weighted by atomic mass is 9.87. The number of nitrogens with two attached hydrogens (primary N) is 1. The van der Waals surface area contributed by atoms with Crippen LogP contribution in [0.15, 0.2) is 0 Å². The normalized spacial score (nSPS) is 24.9. The summed E-state index contributed by atoms with van der Waals surface area (Å²) in [7, 11) is 0. The van der Waals surface area contributed by atoms with Gasteiger partial charge in [0.15, 0.2) is 0 Å². The summed E-state index contributed by atoms with van der Waals surface area (Å²) in [5.74, 6) is 0.370. The molecule has 0 aromatic rings. The van der Waals surface area contributed by atoms with Crippen molar-refractivity contribution in [3.63, 3.8) is 0 Å². The molecule has 0 radical (unpaired) electrons. The third-order valence-corrected chi connectivity index (χ3v) is 4.71. The zero-order valence-corrected chi connectivity index (χ0v) is 12.5. The van der Waals surface area contributed by atoms with Crippen molar-refractivity contribution in [3.8, 4) is 0 Å². The predicted molar refractivity (Wildman–Crippen MR) is 77.9 cm³/mol. The summed E-state index contributed by atoms with van der Waals surface area (Å²) in [6.07, 6.45) is 5.56. The molecule has 0 aromatic carbocycles. The lowest BCUT2D eigenvalue weighted by Gasteiger charge is -2.37. The Morgan fingerprint density at radius 1 is 1.32 bits per heavy atom. The van der Waals surface area contributed by atoms with E-state index in [4.69, 9.17) is 5.73 Å². The zero-order chi connectivity index (χ0) is 13.9. The van der Waals surface area contributed by atoms with Crippen molar-refractivity contribution in [2.24, 2.45) is 11.1 Å². The number of amides is 1. The molecule has 2 aliphatic rings. The standard InChI is InChI=1S/C15H29N3O/c1-15(2,12-16)7-3-4-8-17-9-10-18-13(11-17)5-6-14(18)19/h13H,3-12,16H2,1-2H3. The fraction of sp³-hybridized carbons (Fsp3) is 0.933. The maximum absolute atomic E-state index is 11.6. The van der Waals surface area contributed by atoms with Crippen molar-refractivity contribution in [1.29, 1.82) is 0 Å². The molecular weight excluding hydrogens is 238 g/mol. The smallest absolute Gasteiger partial charge is 0.222 e. The number of unbranched alkanes of at least 4 members (excludes halogenated alkanes) is 1. The summed E-state index contributed by atoms with van der Waals surface area (Å²) in [5, 5.41) is 0. The maximum atomic E-state index is 11.6. The van der Waals surface area contributed by atoms with Crippen LogP contribution in [0.3, 0.4) is 0 Å². The number of nitrogens with zero attached hydrogens (tertiary/aromatic N) is 2. The van der Waals surface area contributed by atoms with Gasteiger partial charge in [-0.2, -0.15) is 0 Å². The first-order valence-electron chi connectivity index (χ1n) is 7.74. The molecule has 0 spiro atoms. The first-order valence-corrected chi connectivity index (χ1v) is 7.74. The predicted octanol–water partition coefficient (Wildman–Crippen LogP) is 1.45. The molecule has 1 unspecified atom stereocenters. The molecule has 1 atom stereocenters. The van der Waals surface area contributed by atoms with Gasteiger partial charge >= 0.3 is 0 Å². The Kier molecular flexibility index (Phi) is 4.85. The quantitative estimate of drug-likeness (QED) is 0.741. The van der Waals surface area contributed by atoms with E-state index in [9.17, 15) is 4.79 Å². The van der Waals surface area contributed by atoms with Crippen molar-refractivity contribution in [3.05, 3.63) is 0 Å². The maximum Gasteiger partial charge on any atom is 0.222 e. The highest BCUT2D eigenvalue weighted by atomic mass is 16.2. The van der Waals surface area contributed by atoms with Crippen LogP contribution in [-0.4, -0.2) is 54.5 Å². The molecule has 0 saturated carbocycles. The molecule has 4 heteroatoms. The van der Waals surface area contributed by atoms with Gasteiger partial charge in [0.05, 0.1) is 0 Å². The van der Waals surface area contributed by atoms with Crippen molar-refractivity contribution < 1.29 is 4.79 Å². The fourth-order valence-electron chi connectivity index (χ4n) is 3.17. The van der Waals surface area contributed by atoms with Crippen LogP contribution < -0.4 is 5.73 Å². The van der Waals surface area contributed by atoms with Gasteiger partial charge in [-0.3, -0.25) is 9.69 Å². The Balaban J connectivity index is 1.64. The van der Waals surface area contributed by atoms with Gasteiger partial charge in [-0.05, 0) is 37.8 Å². The molecule has 2 fully saturated rings. The summed E-state index contributed by atoms with van der Waals surface area (Å²) < 4.78 is 0. The molecule has 19 heavy (non-hydrogen) atoms. The number of hydrogen-bond acceptors (Lipinski definition) is 3. The second-order valence-electron chi connectivity index (χ2n) is 6.91. The van der Waals surface area contributed by atoms with Crippen LogP contribution in [-0.2, 0) is 4.79 Å². The number of carbonyl (C=O) groups excluding carboxylic acids is 1. The summed E-state index contributed by atoms with van der Waals surface area (Å²) in [4.78, 5) is 16.2. The van der Waals surface area contributed by atoms with Crippen LogP contribution in [0.4, 0.5) is 0 Å². The van der Waals surface area contributed by atoms with Crippen LogP contribution >= 0.6 is 0 Å². The lowest BCUT2D eigenvalue weighted by Crippen LogP contribution is -2.51. The third-order valence-electron chi connectivity index (χ3n) is 4.71. The molecule has 0 bridgehead atoms. The van der Waals surface area contributed by atoms with E-state index in [0.717, 1.165) is 39.0 Å². The third kappa shape index (κ3) is 3.93. The molecule has 2 saturated heterocycles. The molecule has 2 heterocycles. The summed E-state index contributed by atoms with van der Waals surface area (Å²) >= 11 is 0. The van der Waals surface area contributed by atoms with Crippen molar-refractivity contribution in [2.75, 3.05) is 32.7 Å². The number of hydrogen-bond donors (Lipinski definition) is 1. The van der Waals surface area contributed by atoms with Crippen LogP contribution in [0.2, 0.25) is 0 Å². The molecule has 0 aromatic heterocycles. The van der Waals surface area contributed by atoms with Crippen molar-refractivity contribution >= 4 is 5.91 Å². The molecule has 2 N–H and O–H groups in total. The van der Waals surface area contributed by atoms with Gasteiger partial charge in [-0.25, -0.2) is 0 Å². The van der Waals surface area contributed by atoms with E-state index in [1.54, 1.807) is 0 Å². The minimum atomic E-state index is 0.288. The van der Waals surface area contributed by atoms with Crippen LogP contribution in [0, 0.1) is 5.41 Å². The number of piperazine rings is 1. The number of carbonyl (C=O) groups is 1. The Bertz CT molecular complexity index is 317. The summed E-state index contributed by atoms with van der Waals surface area (Å²) in [6.45, 7) is 9.53. The molecule has 0 aliphatic carbocycles. The van der Waals surface area contributed by atoms with E-state index in [1.807, 2.05) is 0 Å². The van der Waals surface area contributed by atoms with Gasteiger partial charge in [0.2, 0.25) is 5.91 Å². The second-order valence-corrected chi connectivity index (χ2v) is 6.91. The molecule has 4 nitrogen and oxygen atoms in total. The Labute approximate surface area is 117 Å². The van der Waals surface area contributed by atoms with E-state index in [0.29, 0.717) is 11.9 Å². The summed E-state index contributed by atoms with van der Waals surface area (Å²) in [6, 6.07) is 0.502. The topological polar surface area (TPSA) is 49.6 Å². The minimum absolute atomic E-state index is 0.288. The second kappa shape index (κ2) is 6.23. The molecular formula is C15H29N3O. The monoisotopic (exact) mass is 267 g/mol. The summed E-state index contributed by atoms with van der Waals surface area (Å²) in [5.41, 5.74) is 6.04. The van der Waals surface area contributed by atoms with Crippen molar-refractivity contribution in [1.82, 2.24) is 9.80 Å². The first kappa shape index (κ1) is 14.8. The average Bonchev–Trinajstić information content (AvgIpc) is 2.76. The Morgan fingerprint density at radius 2 is 2.11 bits per heavy atom.